The minimum absolute atomic E-state index is 0. The number of unbranched alkanes of at least 4 members (excludes halogenated alkanes) is 10. The molecule has 0 aromatic carbocycles. The molecule has 1 amide bonds. The molecule has 7 heteroatoms. The number of carboxylic acids is 2. The minimum Gasteiger partial charge on any atom is -0.550 e. The van der Waals surface area contributed by atoms with Crippen LogP contribution in [0, 0.1) is 0 Å². The Kier molecular flexibility index (Phi) is 20.4. The number of carbonyl (C=O) groups excluding carboxylic acids is 2. The average molecular weight is 379 g/mol. The summed E-state index contributed by atoms with van der Waals surface area (Å²) >= 11 is 0. The average Bonchev–Trinajstić information content (AvgIpc) is 2.56. The van der Waals surface area contributed by atoms with Crippen LogP contribution >= 0.6 is 0 Å². The molecule has 2 N–H and O–H groups in total. The fraction of sp³-hybridized carbons (Fsp3) is 0.842. The van der Waals surface area contributed by atoms with Crippen LogP contribution in [0.2, 0.25) is 0 Å². The Hall–Kier alpha value is -0.590. The molecule has 26 heavy (non-hydrogen) atoms. The van der Waals surface area contributed by atoms with Gasteiger partial charge in [0.1, 0.15) is 6.04 Å². The first-order valence-electron chi connectivity index (χ1n) is 9.69. The van der Waals surface area contributed by atoms with Crippen molar-refractivity contribution in [3.63, 3.8) is 0 Å². The van der Waals surface area contributed by atoms with Crippen LogP contribution in [0.5, 0.6) is 0 Å². The summed E-state index contributed by atoms with van der Waals surface area (Å²) in [5, 5.41) is 21.7. The summed E-state index contributed by atoms with van der Waals surface area (Å²) < 4.78 is 0. The molecule has 0 saturated heterocycles. The molecule has 0 radical (unpaired) electrons. The molecular formula is C19H34NNaO5. The van der Waals surface area contributed by atoms with Gasteiger partial charge in [-0.1, -0.05) is 71.1 Å². The third-order valence-corrected chi connectivity index (χ3v) is 4.28. The van der Waals surface area contributed by atoms with E-state index in [1.807, 2.05) is 0 Å². The van der Waals surface area contributed by atoms with E-state index in [-0.39, 0.29) is 54.7 Å². The van der Waals surface area contributed by atoms with Crippen molar-refractivity contribution in [3.05, 3.63) is 0 Å². The summed E-state index contributed by atoms with van der Waals surface area (Å²) in [6, 6.07) is -1.15. The molecule has 0 fully saturated rings. The minimum atomic E-state index is -1.31. The van der Waals surface area contributed by atoms with Crippen LogP contribution in [-0.2, 0) is 14.4 Å². The number of amides is 1. The third-order valence-electron chi connectivity index (χ3n) is 4.28. The monoisotopic (exact) mass is 379 g/mol. The second-order valence-corrected chi connectivity index (χ2v) is 6.65. The van der Waals surface area contributed by atoms with Crippen molar-refractivity contribution in [3.8, 4) is 0 Å². The SMILES string of the molecule is CCCCCCCCCCCCCC(=O)N[C@H](CCC(=O)[O-])C(=O)O.[Na+]. The van der Waals surface area contributed by atoms with Gasteiger partial charge in [-0.2, -0.15) is 0 Å². The number of hydrogen-bond donors (Lipinski definition) is 2. The standard InChI is InChI=1S/C19H35NO5.Na/c1-2-3-4-5-6-7-8-9-10-11-12-13-17(21)20-16(19(24)25)14-15-18(22)23;/h16H,2-15H2,1H3,(H,20,21)(H,22,23)(H,24,25);/q;+1/p-1/t16-;/m1./s1. The predicted molar refractivity (Wildman–Crippen MR) is 94.9 cm³/mol. The van der Waals surface area contributed by atoms with Crippen molar-refractivity contribution in [2.24, 2.45) is 0 Å². The van der Waals surface area contributed by atoms with Crippen LogP contribution in [0.4, 0.5) is 0 Å². The van der Waals surface area contributed by atoms with Crippen molar-refractivity contribution in [2.45, 2.75) is 103 Å². The molecule has 0 aliphatic rings. The normalized spacial score (nSPS) is 11.4. The summed E-state index contributed by atoms with van der Waals surface area (Å²) in [7, 11) is 0. The van der Waals surface area contributed by atoms with Gasteiger partial charge in [0.05, 0.1) is 0 Å². The van der Waals surface area contributed by atoms with Crippen LogP contribution in [0.3, 0.4) is 0 Å². The maximum Gasteiger partial charge on any atom is 1.00 e. The summed E-state index contributed by atoms with van der Waals surface area (Å²) in [4.78, 5) is 33.1. The Labute approximate surface area is 179 Å². The number of nitrogens with one attached hydrogen (secondary N) is 1. The molecule has 0 aliphatic carbocycles. The molecule has 6 nitrogen and oxygen atoms in total. The van der Waals surface area contributed by atoms with E-state index < -0.39 is 18.0 Å². The van der Waals surface area contributed by atoms with E-state index in [0.717, 1.165) is 19.3 Å². The van der Waals surface area contributed by atoms with Crippen LogP contribution < -0.4 is 40.0 Å². The van der Waals surface area contributed by atoms with Gasteiger partial charge in [-0.05, 0) is 19.3 Å². The van der Waals surface area contributed by atoms with E-state index >= 15 is 0 Å². The molecule has 0 aromatic heterocycles. The number of carbonyl (C=O) groups is 3. The summed E-state index contributed by atoms with van der Waals surface area (Å²) in [5.74, 6) is -2.86. The predicted octanol–water partition coefficient (Wildman–Crippen LogP) is -0.209. The second-order valence-electron chi connectivity index (χ2n) is 6.65. The van der Waals surface area contributed by atoms with Crippen LogP contribution in [-0.4, -0.2) is 29.0 Å². The Morgan fingerprint density at radius 2 is 1.31 bits per heavy atom. The summed E-state index contributed by atoms with van der Waals surface area (Å²) in [6.45, 7) is 2.22. The molecular weight excluding hydrogens is 345 g/mol. The Morgan fingerprint density at radius 1 is 0.846 bits per heavy atom. The summed E-state index contributed by atoms with van der Waals surface area (Å²) in [6.07, 6.45) is 12.8. The fourth-order valence-electron chi connectivity index (χ4n) is 2.74. The van der Waals surface area contributed by atoms with E-state index in [0.29, 0.717) is 0 Å². The van der Waals surface area contributed by atoms with Crippen molar-refractivity contribution < 1.29 is 54.2 Å². The van der Waals surface area contributed by atoms with Crippen molar-refractivity contribution in [2.75, 3.05) is 0 Å². The van der Waals surface area contributed by atoms with Gasteiger partial charge in [0.25, 0.3) is 0 Å². The summed E-state index contributed by atoms with van der Waals surface area (Å²) in [5.41, 5.74) is 0. The van der Waals surface area contributed by atoms with E-state index in [9.17, 15) is 19.5 Å². The Balaban J connectivity index is 0. The first-order chi connectivity index (χ1) is 12.0. The first-order valence-corrected chi connectivity index (χ1v) is 9.69. The van der Waals surface area contributed by atoms with Crippen LogP contribution in [0.25, 0.3) is 0 Å². The molecule has 0 bridgehead atoms. The van der Waals surface area contributed by atoms with E-state index in [1.54, 1.807) is 0 Å². The molecule has 0 aromatic rings. The number of aliphatic carboxylic acids is 2. The van der Waals surface area contributed by atoms with Crippen molar-refractivity contribution >= 4 is 17.8 Å². The van der Waals surface area contributed by atoms with Gasteiger partial charge >= 0.3 is 35.5 Å². The number of carboxylic acid groups (broad SMARTS) is 2. The largest absolute Gasteiger partial charge is 1.00 e. The Bertz CT molecular complexity index is 390. The molecule has 0 unspecified atom stereocenters. The smallest absolute Gasteiger partial charge is 0.550 e. The molecule has 1 atom stereocenters. The molecule has 0 heterocycles. The quantitative estimate of drug-likeness (QED) is 0.269. The zero-order chi connectivity index (χ0) is 18.9. The van der Waals surface area contributed by atoms with Gasteiger partial charge in [-0.3, -0.25) is 4.79 Å². The van der Waals surface area contributed by atoms with E-state index in [4.69, 9.17) is 5.11 Å². The molecule has 146 valence electrons. The molecule has 0 aliphatic heterocycles. The van der Waals surface area contributed by atoms with Crippen molar-refractivity contribution in [1.29, 1.82) is 0 Å². The maximum absolute atomic E-state index is 11.7. The van der Waals surface area contributed by atoms with Crippen LogP contribution in [0.15, 0.2) is 0 Å². The van der Waals surface area contributed by atoms with Gasteiger partial charge in [-0.25, -0.2) is 4.79 Å². The zero-order valence-electron chi connectivity index (χ0n) is 16.6. The van der Waals surface area contributed by atoms with E-state index in [2.05, 4.69) is 12.2 Å². The first kappa shape index (κ1) is 27.6. The Morgan fingerprint density at radius 3 is 1.73 bits per heavy atom. The number of hydrogen-bond acceptors (Lipinski definition) is 4. The third kappa shape index (κ3) is 18.2. The van der Waals surface area contributed by atoms with Crippen LogP contribution in [0.1, 0.15) is 96.8 Å². The van der Waals surface area contributed by atoms with E-state index in [1.165, 1.54) is 51.4 Å². The van der Waals surface area contributed by atoms with Gasteiger partial charge in [-0.15, -0.1) is 0 Å². The number of rotatable bonds is 17. The zero-order valence-corrected chi connectivity index (χ0v) is 18.6. The topological polar surface area (TPSA) is 107 Å². The second kappa shape index (κ2) is 19.2. The van der Waals surface area contributed by atoms with Gasteiger partial charge < -0.3 is 20.3 Å². The maximum atomic E-state index is 11.7. The van der Waals surface area contributed by atoms with Gasteiger partial charge in [0.2, 0.25) is 5.91 Å². The van der Waals surface area contributed by atoms with Gasteiger partial charge in [0.15, 0.2) is 0 Å². The molecule has 0 saturated carbocycles. The van der Waals surface area contributed by atoms with Crippen molar-refractivity contribution in [1.82, 2.24) is 5.32 Å². The molecule has 0 spiro atoms. The molecule has 0 rings (SSSR count). The fourth-order valence-corrected chi connectivity index (χ4v) is 2.74. The van der Waals surface area contributed by atoms with Gasteiger partial charge in [0, 0.05) is 12.4 Å².